The molecular weight excluding hydrogens is 255 g/mol. The number of hydrogen-bond donors (Lipinski definition) is 2. The minimum atomic E-state index is -3.88. The second kappa shape index (κ2) is 5.85. The van der Waals surface area contributed by atoms with E-state index in [2.05, 4.69) is 10.6 Å². The normalized spacial score (nSPS) is 11.2. The molecule has 0 radical (unpaired) electrons. The van der Waals surface area contributed by atoms with Crippen molar-refractivity contribution in [3.63, 3.8) is 0 Å². The van der Waals surface area contributed by atoms with E-state index in [1.165, 1.54) is 0 Å². The number of nitrogen functional groups attached to an aromatic ring is 1. The fraction of sp³-hybridized carbons (Fsp3) is 0.333. The lowest BCUT2D eigenvalue weighted by Gasteiger charge is -2.09. The van der Waals surface area contributed by atoms with Crippen molar-refractivity contribution in [1.29, 1.82) is 0 Å². The lowest BCUT2D eigenvalue weighted by atomic mass is 10.2. The molecule has 0 spiro atoms. The number of sulfonamides is 1. The standard InChI is InChI=1S/C12H15FN2O2S/c1-3-4-5-6-15-18(16,17)12-8-11(14)9(2)7-10(12)13/h1,7-8,15H,4-6,14H2,2H3. The Labute approximate surface area is 106 Å². The van der Waals surface area contributed by atoms with E-state index in [0.717, 1.165) is 12.1 Å². The van der Waals surface area contributed by atoms with Gasteiger partial charge in [-0.1, -0.05) is 0 Å². The van der Waals surface area contributed by atoms with Gasteiger partial charge in [0, 0.05) is 18.7 Å². The molecule has 18 heavy (non-hydrogen) atoms. The molecule has 0 aliphatic carbocycles. The molecule has 4 nitrogen and oxygen atoms in total. The molecule has 0 heterocycles. The molecule has 0 saturated carbocycles. The number of terminal acetylenes is 1. The third-order valence-electron chi connectivity index (χ3n) is 2.40. The van der Waals surface area contributed by atoms with Crippen molar-refractivity contribution >= 4 is 15.7 Å². The Bertz CT molecular complexity index is 576. The van der Waals surface area contributed by atoms with E-state index in [0.29, 0.717) is 18.4 Å². The Kier molecular flexibility index (Phi) is 4.70. The summed E-state index contributed by atoms with van der Waals surface area (Å²) in [6.07, 6.45) is 6.00. The summed E-state index contributed by atoms with van der Waals surface area (Å²) in [7, 11) is -3.88. The number of anilines is 1. The first kappa shape index (κ1) is 14.5. The Hall–Kier alpha value is -1.58. The maximum absolute atomic E-state index is 13.6. The van der Waals surface area contributed by atoms with Crippen LogP contribution in [0.15, 0.2) is 17.0 Å². The molecule has 0 amide bonds. The summed E-state index contributed by atoms with van der Waals surface area (Å²) in [6.45, 7) is 1.77. The van der Waals surface area contributed by atoms with Gasteiger partial charge in [-0.25, -0.2) is 17.5 Å². The van der Waals surface area contributed by atoms with Gasteiger partial charge in [0.15, 0.2) is 0 Å². The van der Waals surface area contributed by atoms with Crippen LogP contribution in [-0.4, -0.2) is 15.0 Å². The van der Waals surface area contributed by atoms with Crippen LogP contribution in [0, 0.1) is 25.1 Å². The molecule has 6 heteroatoms. The number of unbranched alkanes of at least 4 members (excludes halogenated alkanes) is 1. The molecule has 0 unspecified atom stereocenters. The van der Waals surface area contributed by atoms with Crippen molar-refractivity contribution in [1.82, 2.24) is 4.72 Å². The smallest absolute Gasteiger partial charge is 0.243 e. The van der Waals surface area contributed by atoms with E-state index in [1.54, 1.807) is 6.92 Å². The molecular formula is C12H15FN2O2S. The molecule has 0 bridgehead atoms. The van der Waals surface area contributed by atoms with Crippen molar-refractivity contribution in [2.24, 2.45) is 0 Å². The van der Waals surface area contributed by atoms with Crippen molar-refractivity contribution in [2.75, 3.05) is 12.3 Å². The van der Waals surface area contributed by atoms with Gasteiger partial charge in [0.1, 0.15) is 10.7 Å². The van der Waals surface area contributed by atoms with Crippen LogP contribution in [0.1, 0.15) is 18.4 Å². The highest BCUT2D eigenvalue weighted by atomic mass is 32.2. The van der Waals surface area contributed by atoms with Crippen molar-refractivity contribution in [2.45, 2.75) is 24.7 Å². The van der Waals surface area contributed by atoms with Crippen molar-refractivity contribution in [3.8, 4) is 12.3 Å². The number of rotatable bonds is 5. The van der Waals surface area contributed by atoms with Gasteiger partial charge in [-0.15, -0.1) is 12.3 Å². The van der Waals surface area contributed by atoms with Crippen LogP contribution < -0.4 is 10.5 Å². The molecule has 0 aromatic heterocycles. The van der Waals surface area contributed by atoms with E-state index >= 15 is 0 Å². The first-order chi connectivity index (χ1) is 8.38. The SMILES string of the molecule is C#CCCCNS(=O)(=O)c1cc(N)c(C)cc1F. The summed E-state index contributed by atoms with van der Waals surface area (Å²) in [5.74, 6) is 1.58. The Morgan fingerprint density at radius 2 is 2.17 bits per heavy atom. The fourth-order valence-corrected chi connectivity index (χ4v) is 2.52. The zero-order valence-electron chi connectivity index (χ0n) is 10.0. The zero-order chi connectivity index (χ0) is 13.8. The third-order valence-corrected chi connectivity index (χ3v) is 3.88. The highest BCUT2D eigenvalue weighted by Gasteiger charge is 2.19. The molecule has 0 saturated heterocycles. The number of nitrogens with one attached hydrogen (secondary N) is 1. The van der Waals surface area contributed by atoms with Crippen molar-refractivity contribution < 1.29 is 12.8 Å². The van der Waals surface area contributed by atoms with Crippen LogP contribution in [0.25, 0.3) is 0 Å². The van der Waals surface area contributed by atoms with Gasteiger partial charge < -0.3 is 5.73 Å². The van der Waals surface area contributed by atoms with Crippen LogP contribution in [0.5, 0.6) is 0 Å². The molecule has 0 fully saturated rings. The molecule has 1 aromatic rings. The van der Waals surface area contributed by atoms with Gasteiger partial charge in [0.05, 0.1) is 0 Å². The fourth-order valence-electron chi connectivity index (χ4n) is 1.35. The molecule has 98 valence electrons. The number of aryl methyl sites for hydroxylation is 1. The van der Waals surface area contributed by atoms with E-state index in [9.17, 15) is 12.8 Å². The summed E-state index contributed by atoms with van der Waals surface area (Å²) >= 11 is 0. The summed E-state index contributed by atoms with van der Waals surface area (Å²) < 4.78 is 39.5. The average Bonchev–Trinajstić information content (AvgIpc) is 2.29. The largest absolute Gasteiger partial charge is 0.398 e. The monoisotopic (exact) mass is 270 g/mol. The molecule has 3 N–H and O–H groups in total. The highest BCUT2D eigenvalue weighted by Crippen LogP contribution is 2.21. The zero-order valence-corrected chi connectivity index (χ0v) is 10.8. The maximum Gasteiger partial charge on any atom is 0.243 e. The summed E-state index contributed by atoms with van der Waals surface area (Å²) in [5, 5.41) is 0. The lowest BCUT2D eigenvalue weighted by molar-refractivity contribution is 0.555. The first-order valence-corrected chi connectivity index (χ1v) is 6.85. The van der Waals surface area contributed by atoms with Crippen LogP contribution in [0.2, 0.25) is 0 Å². The molecule has 0 atom stereocenters. The lowest BCUT2D eigenvalue weighted by Crippen LogP contribution is -2.25. The molecule has 0 aliphatic rings. The summed E-state index contributed by atoms with van der Waals surface area (Å²) in [6, 6.07) is 2.22. The van der Waals surface area contributed by atoms with Crippen LogP contribution in [-0.2, 0) is 10.0 Å². The second-order valence-electron chi connectivity index (χ2n) is 3.84. The summed E-state index contributed by atoms with van der Waals surface area (Å²) in [5.41, 5.74) is 6.31. The van der Waals surface area contributed by atoms with Crippen molar-refractivity contribution in [3.05, 3.63) is 23.5 Å². The van der Waals surface area contributed by atoms with E-state index in [1.807, 2.05) is 0 Å². The number of benzene rings is 1. The summed E-state index contributed by atoms with van der Waals surface area (Å²) in [4.78, 5) is -0.439. The second-order valence-corrected chi connectivity index (χ2v) is 5.58. The van der Waals surface area contributed by atoms with Gasteiger partial charge >= 0.3 is 0 Å². The third kappa shape index (κ3) is 3.45. The Morgan fingerprint density at radius 1 is 1.50 bits per heavy atom. The molecule has 1 rings (SSSR count). The highest BCUT2D eigenvalue weighted by molar-refractivity contribution is 7.89. The van der Waals surface area contributed by atoms with E-state index in [4.69, 9.17) is 12.2 Å². The van der Waals surface area contributed by atoms with Gasteiger partial charge in [-0.2, -0.15) is 0 Å². The van der Waals surface area contributed by atoms with E-state index < -0.39 is 20.7 Å². The molecule has 1 aromatic carbocycles. The predicted molar refractivity (Wildman–Crippen MR) is 68.8 cm³/mol. The number of halogens is 1. The van der Waals surface area contributed by atoms with E-state index in [-0.39, 0.29) is 12.2 Å². The minimum Gasteiger partial charge on any atom is -0.398 e. The van der Waals surface area contributed by atoms with Gasteiger partial charge in [-0.05, 0) is 31.0 Å². The van der Waals surface area contributed by atoms with Gasteiger partial charge in [-0.3, -0.25) is 0 Å². The number of hydrogen-bond acceptors (Lipinski definition) is 3. The molecule has 0 aliphatic heterocycles. The topological polar surface area (TPSA) is 72.2 Å². The average molecular weight is 270 g/mol. The first-order valence-electron chi connectivity index (χ1n) is 5.37. The van der Waals surface area contributed by atoms with Crippen LogP contribution in [0.4, 0.5) is 10.1 Å². The maximum atomic E-state index is 13.6. The quantitative estimate of drug-likeness (QED) is 0.483. The van der Waals surface area contributed by atoms with Gasteiger partial charge in [0.25, 0.3) is 0 Å². The van der Waals surface area contributed by atoms with Crippen LogP contribution in [0.3, 0.4) is 0 Å². The minimum absolute atomic E-state index is 0.166. The number of nitrogens with two attached hydrogens (primary N) is 1. The Balaban J connectivity index is 2.92. The van der Waals surface area contributed by atoms with Gasteiger partial charge in [0.2, 0.25) is 10.0 Å². The predicted octanol–water partition coefficient (Wildman–Crippen LogP) is 1.41. The van der Waals surface area contributed by atoms with Crippen LogP contribution >= 0.6 is 0 Å². The Morgan fingerprint density at radius 3 is 2.78 bits per heavy atom.